The molecule has 0 aromatic carbocycles. The standard InChI is InChI=1S/C43H82O10/c1-3-5-7-9-11-13-15-16-17-18-19-20-22-24-26-28-30-32-39(46)52-36(35-51-43-42(49)41(48)40(47)37(33-44)53-43)34-50-38(45)31-29-27-25-23-21-14-12-10-8-6-4-2/h36-37,40-44,47-49H,3-35H2,1-2H3. The molecule has 1 rings (SSSR count). The largest absolute Gasteiger partial charge is 0.462 e. The zero-order chi connectivity index (χ0) is 38.8. The maximum atomic E-state index is 12.7. The quantitative estimate of drug-likeness (QED) is 0.0357. The van der Waals surface area contributed by atoms with Crippen molar-refractivity contribution >= 4 is 11.9 Å². The highest BCUT2D eigenvalue weighted by atomic mass is 16.7. The third kappa shape index (κ3) is 27.0. The highest BCUT2D eigenvalue weighted by Gasteiger charge is 2.44. The molecular weight excluding hydrogens is 676 g/mol. The average molecular weight is 759 g/mol. The van der Waals surface area contributed by atoms with Crippen molar-refractivity contribution in [2.75, 3.05) is 19.8 Å². The molecule has 0 aliphatic carbocycles. The normalized spacial score (nSPS) is 20.8. The molecule has 1 fully saturated rings. The highest BCUT2D eigenvalue weighted by Crippen LogP contribution is 2.23. The molecule has 1 saturated heterocycles. The third-order valence-corrected chi connectivity index (χ3v) is 10.5. The Morgan fingerprint density at radius 2 is 0.887 bits per heavy atom. The first-order chi connectivity index (χ1) is 25.8. The molecule has 1 heterocycles. The third-order valence-electron chi connectivity index (χ3n) is 10.5. The molecule has 1 aliphatic heterocycles. The van der Waals surface area contributed by atoms with Gasteiger partial charge in [0.2, 0.25) is 0 Å². The molecule has 0 amide bonds. The van der Waals surface area contributed by atoms with E-state index in [4.69, 9.17) is 18.9 Å². The zero-order valence-electron chi connectivity index (χ0n) is 34.0. The second-order valence-corrected chi connectivity index (χ2v) is 15.5. The van der Waals surface area contributed by atoms with Gasteiger partial charge in [-0.25, -0.2) is 0 Å². The number of aliphatic hydroxyl groups excluding tert-OH is 4. The molecule has 6 atom stereocenters. The number of esters is 2. The molecule has 53 heavy (non-hydrogen) atoms. The van der Waals surface area contributed by atoms with Crippen LogP contribution >= 0.6 is 0 Å². The Morgan fingerprint density at radius 3 is 1.28 bits per heavy atom. The minimum absolute atomic E-state index is 0.209. The van der Waals surface area contributed by atoms with Crippen molar-refractivity contribution in [2.24, 2.45) is 0 Å². The van der Waals surface area contributed by atoms with E-state index in [0.29, 0.717) is 6.42 Å². The van der Waals surface area contributed by atoms with Gasteiger partial charge < -0.3 is 39.4 Å². The summed E-state index contributed by atoms with van der Waals surface area (Å²) in [6.45, 7) is 3.44. The van der Waals surface area contributed by atoms with E-state index < -0.39 is 49.4 Å². The van der Waals surface area contributed by atoms with E-state index in [-0.39, 0.29) is 32.0 Å². The number of rotatable bonds is 37. The van der Waals surface area contributed by atoms with Gasteiger partial charge in [0, 0.05) is 12.8 Å². The number of hydrogen-bond acceptors (Lipinski definition) is 10. The van der Waals surface area contributed by atoms with E-state index >= 15 is 0 Å². The first kappa shape index (κ1) is 49.7. The van der Waals surface area contributed by atoms with E-state index in [9.17, 15) is 30.0 Å². The van der Waals surface area contributed by atoms with Gasteiger partial charge >= 0.3 is 11.9 Å². The Morgan fingerprint density at radius 1 is 0.509 bits per heavy atom. The van der Waals surface area contributed by atoms with Crippen molar-refractivity contribution in [2.45, 2.75) is 243 Å². The molecule has 0 radical (unpaired) electrons. The van der Waals surface area contributed by atoms with Gasteiger partial charge in [-0.3, -0.25) is 9.59 Å². The molecule has 6 unspecified atom stereocenters. The minimum Gasteiger partial charge on any atom is -0.462 e. The summed E-state index contributed by atoms with van der Waals surface area (Å²) in [5.74, 6) is -0.794. The van der Waals surface area contributed by atoms with E-state index in [1.54, 1.807) is 0 Å². The second-order valence-electron chi connectivity index (χ2n) is 15.5. The van der Waals surface area contributed by atoms with Gasteiger partial charge in [-0.05, 0) is 12.8 Å². The first-order valence-electron chi connectivity index (χ1n) is 22.1. The van der Waals surface area contributed by atoms with Gasteiger partial charge in [-0.1, -0.05) is 181 Å². The molecule has 1 aliphatic rings. The van der Waals surface area contributed by atoms with Crippen LogP contribution < -0.4 is 0 Å². The van der Waals surface area contributed by atoms with Gasteiger partial charge in [0.1, 0.15) is 31.0 Å². The Bertz CT molecular complexity index is 840. The summed E-state index contributed by atoms with van der Waals surface area (Å²) in [4.78, 5) is 25.2. The van der Waals surface area contributed by atoms with E-state index in [0.717, 1.165) is 38.5 Å². The Balaban J connectivity index is 2.31. The summed E-state index contributed by atoms with van der Waals surface area (Å²) < 4.78 is 22.1. The van der Waals surface area contributed by atoms with Crippen LogP contribution in [0.1, 0.15) is 206 Å². The summed E-state index contributed by atoms with van der Waals surface area (Å²) in [6.07, 6.45) is 26.8. The molecule has 0 saturated carbocycles. The van der Waals surface area contributed by atoms with Crippen LogP contribution in [-0.2, 0) is 28.5 Å². The van der Waals surface area contributed by atoms with Crippen molar-refractivity contribution in [3.63, 3.8) is 0 Å². The predicted octanol–water partition coefficient (Wildman–Crippen LogP) is 9.00. The molecule has 0 aromatic heterocycles. The fraction of sp³-hybridized carbons (Fsp3) is 0.953. The van der Waals surface area contributed by atoms with Gasteiger partial charge in [0.05, 0.1) is 13.2 Å². The molecule has 4 N–H and O–H groups in total. The van der Waals surface area contributed by atoms with Crippen LogP contribution in [0.2, 0.25) is 0 Å². The van der Waals surface area contributed by atoms with Crippen molar-refractivity contribution in [3.05, 3.63) is 0 Å². The van der Waals surface area contributed by atoms with Crippen molar-refractivity contribution in [1.29, 1.82) is 0 Å². The van der Waals surface area contributed by atoms with Crippen LogP contribution in [0.25, 0.3) is 0 Å². The van der Waals surface area contributed by atoms with Crippen molar-refractivity contribution in [3.8, 4) is 0 Å². The van der Waals surface area contributed by atoms with Crippen LogP contribution in [0.15, 0.2) is 0 Å². The Hall–Kier alpha value is -1.30. The SMILES string of the molecule is CCCCCCCCCCCCCCCCCCCC(=O)OC(COC(=O)CCCCCCCCCCCCC)COC1OC(CO)C(O)C(O)C1O. The first-order valence-corrected chi connectivity index (χ1v) is 22.1. The molecule has 0 bridgehead atoms. The minimum atomic E-state index is -1.59. The highest BCUT2D eigenvalue weighted by molar-refractivity contribution is 5.70. The number of carbonyl (C=O) groups excluding carboxylic acids is 2. The number of carbonyl (C=O) groups is 2. The molecule has 10 nitrogen and oxygen atoms in total. The fourth-order valence-electron chi connectivity index (χ4n) is 6.95. The maximum absolute atomic E-state index is 12.7. The lowest BCUT2D eigenvalue weighted by molar-refractivity contribution is -0.305. The monoisotopic (exact) mass is 759 g/mol. The summed E-state index contributed by atoms with van der Waals surface area (Å²) in [5, 5.41) is 40.0. The van der Waals surface area contributed by atoms with Gasteiger partial charge in [-0.2, -0.15) is 0 Å². The smallest absolute Gasteiger partial charge is 0.306 e. The average Bonchev–Trinajstić information content (AvgIpc) is 3.15. The van der Waals surface area contributed by atoms with Crippen molar-refractivity contribution in [1.82, 2.24) is 0 Å². The lowest BCUT2D eigenvalue weighted by atomic mass is 9.99. The predicted molar refractivity (Wildman–Crippen MR) is 210 cm³/mol. The molecule has 10 heteroatoms. The van der Waals surface area contributed by atoms with Crippen LogP contribution in [0.4, 0.5) is 0 Å². The summed E-state index contributed by atoms with van der Waals surface area (Å²) in [6, 6.07) is 0. The van der Waals surface area contributed by atoms with E-state index in [1.807, 2.05) is 0 Å². The van der Waals surface area contributed by atoms with E-state index in [2.05, 4.69) is 13.8 Å². The lowest BCUT2D eigenvalue weighted by Gasteiger charge is -2.39. The van der Waals surface area contributed by atoms with Gasteiger partial charge in [0.25, 0.3) is 0 Å². The number of hydrogen-bond donors (Lipinski definition) is 4. The number of unbranched alkanes of at least 4 members (excludes halogenated alkanes) is 26. The molecule has 314 valence electrons. The van der Waals surface area contributed by atoms with Crippen LogP contribution in [0.5, 0.6) is 0 Å². The van der Waals surface area contributed by atoms with E-state index in [1.165, 1.54) is 135 Å². The number of aliphatic hydroxyl groups is 4. The molecule has 0 spiro atoms. The maximum Gasteiger partial charge on any atom is 0.306 e. The Kier molecular flexibility index (Phi) is 33.0. The van der Waals surface area contributed by atoms with Gasteiger partial charge in [-0.15, -0.1) is 0 Å². The number of ether oxygens (including phenoxy) is 4. The summed E-state index contributed by atoms with van der Waals surface area (Å²) in [7, 11) is 0. The molecular formula is C43H82O10. The summed E-state index contributed by atoms with van der Waals surface area (Å²) >= 11 is 0. The fourth-order valence-corrected chi connectivity index (χ4v) is 6.95. The van der Waals surface area contributed by atoms with Crippen LogP contribution in [-0.4, -0.2) is 89.0 Å². The second kappa shape index (κ2) is 35.1. The topological polar surface area (TPSA) is 152 Å². The van der Waals surface area contributed by atoms with Crippen LogP contribution in [0, 0.1) is 0 Å². The van der Waals surface area contributed by atoms with Gasteiger partial charge in [0.15, 0.2) is 12.4 Å². The molecule has 0 aromatic rings. The van der Waals surface area contributed by atoms with Crippen LogP contribution in [0.3, 0.4) is 0 Å². The summed E-state index contributed by atoms with van der Waals surface area (Å²) in [5.41, 5.74) is 0. The zero-order valence-corrected chi connectivity index (χ0v) is 34.0. The lowest BCUT2D eigenvalue weighted by Crippen LogP contribution is -2.59. The van der Waals surface area contributed by atoms with Crippen molar-refractivity contribution < 1.29 is 49.0 Å². The Labute approximate surface area is 323 Å².